The molecule has 2 aliphatic rings. The number of aliphatic carboxylic acids is 1. The number of hydrogen-bond donors (Lipinski definition) is 3. The lowest BCUT2D eigenvalue weighted by Gasteiger charge is -2.43. The molecular formula is C26H42O7. The predicted octanol–water partition coefficient (Wildman–Crippen LogP) is 3.87. The minimum Gasteiger partial charge on any atom is -0.481 e. The van der Waals surface area contributed by atoms with Crippen LogP contribution < -0.4 is 0 Å². The Morgan fingerprint density at radius 1 is 1.27 bits per heavy atom. The third-order valence-corrected chi connectivity index (χ3v) is 6.98. The average Bonchev–Trinajstić information content (AvgIpc) is 2.75. The standard InChI is InChI=1S/C26H42O7/c1-5-11-32-21(13-20(28)15-24(29)30)9-10-22-17(4)7-8-18-12-19(27)14-23(25(18)22)33-26(31)16(3)6-2/h7-8,12,16-17,19-23,25,27-28H,5-6,9-11,13-15H2,1-4H3,(H,29,30). The number of hydrogen-bond acceptors (Lipinski definition) is 6. The van der Waals surface area contributed by atoms with Crippen LogP contribution in [0.4, 0.5) is 0 Å². The van der Waals surface area contributed by atoms with Crippen molar-refractivity contribution in [1.82, 2.24) is 0 Å². The molecule has 3 N–H and O–H groups in total. The molecule has 0 aromatic heterocycles. The molecule has 0 aromatic rings. The minimum absolute atomic E-state index is 0.00262. The van der Waals surface area contributed by atoms with E-state index in [0.29, 0.717) is 25.9 Å². The number of allylic oxidation sites excluding steroid dienone is 2. The Morgan fingerprint density at radius 3 is 2.64 bits per heavy atom. The van der Waals surface area contributed by atoms with Gasteiger partial charge in [-0.3, -0.25) is 9.59 Å². The highest BCUT2D eigenvalue weighted by Gasteiger charge is 2.42. The van der Waals surface area contributed by atoms with Crippen molar-refractivity contribution in [2.75, 3.05) is 6.61 Å². The van der Waals surface area contributed by atoms with E-state index in [1.54, 1.807) is 0 Å². The molecule has 0 saturated carbocycles. The molecule has 0 fully saturated rings. The average molecular weight is 467 g/mol. The molecule has 0 aliphatic heterocycles. The Balaban J connectivity index is 2.15. The Bertz CT molecular complexity index is 701. The van der Waals surface area contributed by atoms with E-state index in [1.807, 2.05) is 32.9 Å². The molecular weight excluding hydrogens is 424 g/mol. The minimum atomic E-state index is -1.02. The molecule has 2 aliphatic carbocycles. The van der Waals surface area contributed by atoms with E-state index in [2.05, 4.69) is 13.0 Å². The highest BCUT2D eigenvalue weighted by molar-refractivity contribution is 5.72. The van der Waals surface area contributed by atoms with Gasteiger partial charge in [-0.2, -0.15) is 0 Å². The van der Waals surface area contributed by atoms with Crippen molar-refractivity contribution >= 4 is 11.9 Å². The van der Waals surface area contributed by atoms with Crippen LogP contribution in [-0.2, 0) is 19.1 Å². The van der Waals surface area contributed by atoms with E-state index in [9.17, 15) is 19.8 Å². The Morgan fingerprint density at radius 2 is 2.00 bits per heavy atom. The molecule has 0 spiro atoms. The molecule has 0 radical (unpaired) electrons. The van der Waals surface area contributed by atoms with Crippen LogP contribution in [0.5, 0.6) is 0 Å². The van der Waals surface area contributed by atoms with Crippen LogP contribution in [0.3, 0.4) is 0 Å². The van der Waals surface area contributed by atoms with Crippen molar-refractivity contribution in [1.29, 1.82) is 0 Å². The Hall–Kier alpha value is -1.70. The highest BCUT2D eigenvalue weighted by Crippen LogP contribution is 2.44. The zero-order valence-electron chi connectivity index (χ0n) is 20.5. The van der Waals surface area contributed by atoms with Crippen molar-refractivity contribution in [2.45, 2.75) is 97.1 Å². The molecule has 8 atom stereocenters. The largest absolute Gasteiger partial charge is 0.481 e. The number of aliphatic hydroxyl groups is 2. The topological polar surface area (TPSA) is 113 Å². The first-order valence-electron chi connectivity index (χ1n) is 12.5. The third-order valence-electron chi connectivity index (χ3n) is 6.98. The van der Waals surface area contributed by atoms with Gasteiger partial charge in [-0.25, -0.2) is 0 Å². The molecule has 0 bridgehead atoms. The summed E-state index contributed by atoms with van der Waals surface area (Å²) in [4.78, 5) is 23.5. The van der Waals surface area contributed by atoms with Gasteiger partial charge < -0.3 is 24.8 Å². The number of carbonyl (C=O) groups is 2. The number of ether oxygens (including phenoxy) is 2. The first-order valence-corrected chi connectivity index (χ1v) is 12.5. The normalized spacial score (nSPS) is 29.5. The second-order valence-electron chi connectivity index (χ2n) is 9.72. The predicted molar refractivity (Wildman–Crippen MR) is 125 cm³/mol. The zero-order valence-corrected chi connectivity index (χ0v) is 20.5. The SMILES string of the molecule is CCCOC(CCC1C(C)C=CC2=CC(O)CC(OC(=O)C(C)CC)C21)CC(O)CC(=O)O. The van der Waals surface area contributed by atoms with Gasteiger partial charge in [-0.15, -0.1) is 0 Å². The number of carboxylic acid groups (broad SMARTS) is 1. The number of carboxylic acids is 1. The van der Waals surface area contributed by atoms with E-state index < -0.39 is 18.2 Å². The van der Waals surface area contributed by atoms with E-state index in [-0.39, 0.29) is 54.7 Å². The van der Waals surface area contributed by atoms with Crippen molar-refractivity contribution in [3.05, 3.63) is 23.8 Å². The van der Waals surface area contributed by atoms with Crippen LogP contribution in [-0.4, -0.2) is 58.3 Å². The number of rotatable bonds is 13. The molecule has 8 unspecified atom stereocenters. The monoisotopic (exact) mass is 466 g/mol. The summed E-state index contributed by atoms with van der Waals surface area (Å²) in [7, 11) is 0. The lowest BCUT2D eigenvalue weighted by molar-refractivity contribution is -0.159. The van der Waals surface area contributed by atoms with Crippen LogP contribution >= 0.6 is 0 Å². The molecule has 0 heterocycles. The number of esters is 1. The van der Waals surface area contributed by atoms with Gasteiger partial charge >= 0.3 is 11.9 Å². The van der Waals surface area contributed by atoms with Gasteiger partial charge in [0, 0.05) is 25.4 Å². The van der Waals surface area contributed by atoms with E-state index in [1.165, 1.54) is 0 Å². The van der Waals surface area contributed by atoms with E-state index in [0.717, 1.165) is 18.4 Å². The second kappa shape index (κ2) is 13.3. The molecule has 7 nitrogen and oxygen atoms in total. The fraction of sp³-hybridized carbons (Fsp3) is 0.769. The van der Waals surface area contributed by atoms with Gasteiger partial charge in [0.2, 0.25) is 0 Å². The maximum atomic E-state index is 12.6. The van der Waals surface area contributed by atoms with Crippen molar-refractivity contribution < 1.29 is 34.4 Å². The Kier molecular flexibility index (Phi) is 11.1. The van der Waals surface area contributed by atoms with Crippen molar-refractivity contribution in [3.63, 3.8) is 0 Å². The van der Waals surface area contributed by atoms with Crippen LogP contribution in [0, 0.1) is 23.7 Å². The molecule has 188 valence electrons. The first-order chi connectivity index (χ1) is 15.7. The van der Waals surface area contributed by atoms with Gasteiger partial charge in [0.15, 0.2) is 0 Å². The summed E-state index contributed by atoms with van der Waals surface area (Å²) >= 11 is 0. The quantitative estimate of drug-likeness (QED) is 0.353. The van der Waals surface area contributed by atoms with Crippen LogP contribution in [0.25, 0.3) is 0 Å². The van der Waals surface area contributed by atoms with E-state index in [4.69, 9.17) is 14.6 Å². The lowest BCUT2D eigenvalue weighted by Crippen LogP contribution is -2.43. The van der Waals surface area contributed by atoms with Gasteiger partial charge in [0.25, 0.3) is 0 Å². The van der Waals surface area contributed by atoms with Gasteiger partial charge in [0.1, 0.15) is 6.10 Å². The van der Waals surface area contributed by atoms with Crippen molar-refractivity contribution in [3.8, 4) is 0 Å². The first kappa shape index (κ1) is 27.5. The Labute approximate surface area is 197 Å². The van der Waals surface area contributed by atoms with Crippen molar-refractivity contribution in [2.24, 2.45) is 23.7 Å². The van der Waals surface area contributed by atoms with Gasteiger partial charge in [0.05, 0.1) is 30.7 Å². The van der Waals surface area contributed by atoms with E-state index >= 15 is 0 Å². The molecule has 0 saturated heterocycles. The zero-order chi connectivity index (χ0) is 24.5. The molecule has 2 rings (SSSR count). The summed E-state index contributed by atoms with van der Waals surface area (Å²) in [6, 6.07) is 0. The molecule has 33 heavy (non-hydrogen) atoms. The number of aliphatic hydroxyl groups excluding tert-OH is 2. The summed E-state index contributed by atoms with van der Waals surface area (Å²) in [6.07, 6.45) is 7.23. The molecule has 7 heteroatoms. The van der Waals surface area contributed by atoms with Gasteiger partial charge in [-0.05, 0) is 43.1 Å². The highest BCUT2D eigenvalue weighted by atomic mass is 16.5. The fourth-order valence-corrected chi connectivity index (χ4v) is 4.94. The third kappa shape index (κ3) is 8.23. The number of carbonyl (C=O) groups excluding carboxylic acids is 1. The maximum absolute atomic E-state index is 12.6. The maximum Gasteiger partial charge on any atom is 0.308 e. The molecule has 0 amide bonds. The summed E-state index contributed by atoms with van der Waals surface area (Å²) in [5, 5.41) is 29.5. The van der Waals surface area contributed by atoms with Crippen LogP contribution in [0.15, 0.2) is 23.8 Å². The second-order valence-corrected chi connectivity index (χ2v) is 9.72. The smallest absolute Gasteiger partial charge is 0.308 e. The van der Waals surface area contributed by atoms with Crippen LogP contribution in [0.2, 0.25) is 0 Å². The summed E-state index contributed by atoms with van der Waals surface area (Å²) < 4.78 is 11.9. The van der Waals surface area contributed by atoms with Gasteiger partial charge in [-0.1, -0.05) is 45.9 Å². The summed E-state index contributed by atoms with van der Waals surface area (Å²) in [6.45, 7) is 8.53. The summed E-state index contributed by atoms with van der Waals surface area (Å²) in [5.41, 5.74) is 1.01. The number of fused-ring (bicyclic) bond motifs is 1. The van der Waals surface area contributed by atoms with Crippen LogP contribution in [0.1, 0.15) is 72.6 Å². The summed E-state index contributed by atoms with van der Waals surface area (Å²) in [5.74, 6) is -0.996. The molecule has 0 aromatic carbocycles. The lowest BCUT2D eigenvalue weighted by atomic mass is 9.66. The fourth-order valence-electron chi connectivity index (χ4n) is 4.94.